The lowest BCUT2D eigenvalue weighted by Crippen LogP contribution is -2.60. The SMILES string of the molecule is CC(C)(C)c1ccc2c(c1)-c1c3c4c(c5cc(C(C)(C)C)ccc5n4-c4cc5c(cc4B3N2c2ccc(-c3ccccc3)cc2)C(C)(C)c2ccccc2-5)c2c1oc1ccccc12. The first-order chi connectivity index (χ1) is 30.3. The van der Waals surface area contributed by atoms with Gasteiger partial charge in [0.15, 0.2) is 0 Å². The molecule has 1 aliphatic carbocycles. The van der Waals surface area contributed by atoms with Crippen LogP contribution in [0.3, 0.4) is 0 Å². The molecule has 0 spiro atoms. The van der Waals surface area contributed by atoms with Crippen LogP contribution in [0.2, 0.25) is 0 Å². The molecule has 0 bridgehead atoms. The molecule has 0 amide bonds. The lowest BCUT2D eigenvalue weighted by atomic mass is 9.43. The Morgan fingerprint density at radius 1 is 0.540 bits per heavy atom. The summed E-state index contributed by atoms with van der Waals surface area (Å²) in [7, 11) is 0. The number of benzene rings is 8. The third kappa shape index (κ3) is 4.87. The predicted molar refractivity (Wildman–Crippen MR) is 267 cm³/mol. The summed E-state index contributed by atoms with van der Waals surface area (Å²) in [6.45, 7) is 18.6. The molecule has 0 N–H and O–H groups in total. The summed E-state index contributed by atoms with van der Waals surface area (Å²) in [4.78, 5) is 2.66. The van der Waals surface area contributed by atoms with E-state index in [0.717, 1.165) is 16.6 Å². The Morgan fingerprint density at radius 2 is 1.22 bits per heavy atom. The van der Waals surface area contributed by atoms with Gasteiger partial charge in [0.25, 0.3) is 0 Å². The molecule has 63 heavy (non-hydrogen) atoms. The van der Waals surface area contributed by atoms with E-state index < -0.39 is 0 Å². The van der Waals surface area contributed by atoms with Crippen LogP contribution in [-0.2, 0) is 16.2 Å². The van der Waals surface area contributed by atoms with Crippen LogP contribution in [0.15, 0.2) is 156 Å². The minimum atomic E-state index is -0.168. The highest BCUT2D eigenvalue weighted by atomic mass is 16.3. The Morgan fingerprint density at radius 3 is 2.00 bits per heavy atom. The van der Waals surface area contributed by atoms with Gasteiger partial charge in [0.1, 0.15) is 11.2 Å². The van der Waals surface area contributed by atoms with Crippen molar-refractivity contribution in [3.63, 3.8) is 0 Å². The first-order valence-corrected chi connectivity index (χ1v) is 22.6. The van der Waals surface area contributed by atoms with Crippen LogP contribution in [0.25, 0.3) is 82.8 Å². The molecular weight excluding hydrogens is 763 g/mol. The maximum absolute atomic E-state index is 7.28. The van der Waals surface area contributed by atoms with Crippen molar-refractivity contribution in [1.82, 2.24) is 4.57 Å². The number of rotatable bonds is 2. The van der Waals surface area contributed by atoms with E-state index in [4.69, 9.17) is 4.42 Å². The summed E-state index contributed by atoms with van der Waals surface area (Å²) in [5, 5.41) is 4.92. The van der Waals surface area contributed by atoms with Gasteiger partial charge in [-0.05, 0) is 115 Å². The fourth-order valence-electron chi connectivity index (χ4n) is 11.6. The van der Waals surface area contributed by atoms with Gasteiger partial charge in [0.2, 0.25) is 0 Å². The number of fused-ring (bicyclic) bond motifs is 16. The molecule has 10 aromatic rings. The Balaban J connectivity index is 1.24. The van der Waals surface area contributed by atoms with E-state index in [9.17, 15) is 0 Å². The molecule has 8 aromatic carbocycles. The quantitative estimate of drug-likeness (QED) is 0.162. The molecule has 4 heterocycles. The third-order valence-electron chi connectivity index (χ3n) is 14.9. The van der Waals surface area contributed by atoms with Gasteiger partial charge < -0.3 is 13.8 Å². The number of hydrogen-bond donors (Lipinski definition) is 0. The highest BCUT2D eigenvalue weighted by Gasteiger charge is 2.48. The fraction of sp³-hybridized carbons (Fsp3) is 0.186. The molecule has 0 saturated carbocycles. The minimum absolute atomic E-state index is 0.0316. The average molecular weight is 813 g/mol. The molecule has 0 atom stereocenters. The molecule has 3 nitrogen and oxygen atoms in total. The van der Waals surface area contributed by atoms with Crippen LogP contribution >= 0.6 is 0 Å². The Bertz CT molecular complexity index is 3610. The van der Waals surface area contributed by atoms with Gasteiger partial charge >= 0.3 is 6.85 Å². The number of hydrogen-bond acceptors (Lipinski definition) is 2. The second-order valence-electron chi connectivity index (χ2n) is 20.9. The van der Waals surface area contributed by atoms with Gasteiger partial charge in [-0.15, -0.1) is 0 Å². The molecule has 0 radical (unpaired) electrons. The van der Waals surface area contributed by atoms with Crippen molar-refractivity contribution in [2.45, 2.75) is 71.6 Å². The van der Waals surface area contributed by atoms with E-state index in [1.54, 1.807) is 0 Å². The zero-order chi connectivity index (χ0) is 42.9. The molecule has 4 heteroatoms. The molecule has 2 aliphatic heterocycles. The number of para-hydroxylation sites is 1. The predicted octanol–water partition coefficient (Wildman–Crippen LogP) is 14.5. The van der Waals surface area contributed by atoms with Crippen molar-refractivity contribution in [1.29, 1.82) is 0 Å². The summed E-state index contributed by atoms with van der Waals surface area (Å²) in [6, 6.07) is 57.4. The summed E-state index contributed by atoms with van der Waals surface area (Å²) < 4.78 is 9.93. The molecule has 13 rings (SSSR count). The molecular formula is C59H49BN2O. The molecule has 0 unspecified atom stereocenters. The Labute approximate surface area is 369 Å². The van der Waals surface area contributed by atoms with Gasteiger partial charge in [0, 0.05) is 55.1 Å². The topological polar surface area (TPSA) is 21.3 Å². The van der Waals surface area contributed by atoms with Crippen LogP contribution in [-0.4, -0.2) is 11.4 Å². The molecule has 0 fully saturated rings. The zero-order valence-electron chi connectivity index (χ0n) is 37.3. The summed E-state index contributed by atoms with van der Waals surface area (Å²) in [5.74, 6) is 0. The number of nitrogens with zero attached hydrogens (tertiary/aromatic N) is 2. The van der Waals surface area contributed by atoms with Crippen LogP contribution in [0.4, 0.5) is 11.4 Å². The molecule has 304 valence electrons. The third-order valence-corrected chi connectivity index (χ3v) is 14.9. The van der Waals surface area contributed by atoms with Gasteiger partial charge in [-0.2, -0.15) is 0 Å². The van der Waals surface area contributed by atoms with E-state index in [1.165, 1.54) is 111 Å². The second kappa shape index (κ2) is 12.2. The van der Waals surface area contributed by atoms with Crippen molar-refractivity contribution in [2.75, 3.05) is 4.81 Å². The van der Waals surface area contributed by atoms with E-state index in [0.29, 0.717) is 0 Å². The molecule has 2 aromatic heterocycles. The summed E-state index contributed by atoms with van der Waals surface area (Å²) >= 11 is 0. The number of furan rings is 1. The second-order valence-corrected chi connectivity index (χ2v) is 20.9. The standard InChI is InChI=1S/C59H49BN2O/c1-57(2,3)36-24-28-47-42(30-36)51-52-40-19-13-15-21-50(40)63-56(52)53-43-31-37(58(4,5)6)25-29-48(43)62(38-26-22-35(23-27-38)34-16-10-9-11-17-34)60-46-33-45-41(32-49(46)61(47)55(51)54(53)60)39-18-12-14-20-44(39)59(45,7)8/h9-33H,1-8H3. The number of anilines is 2. The normalized spacial score (nSPS) is 14.7. The minimum Gasteiger partial charge on any atom is -0.455 e. The fourth-order valence-corrected chi connectivity index (χ4v) is 11.6. The molecule has 3 aliphatic rings. The Hall–Kier alpha value is -6.78. The van der Waals surface area contributed by atoms with Crippen molar-refractivity contribution >= 4 is 72.9 Å². The Kier molecular flexibility index (Phi) is 7.15. The summed E-state index contributed by atoms with van der Waals surface area (Å²) in [6.07, 6.45) is 0. The lowest BCUT2D eigenvalue weighted by Gasteiger charge is -2.43. The van der Waals surface area contributed by atoms with Crippen LogP contribution in [0, 0.1) is 0 Å². The van der Waals surface area contributed by atoms with Crippen molar-refractivity contribution in [3.05, 3.63) is 174 Å². The van der Waals surface area contributed by atoms with Crippen LogP contribution in [0.5, 0.6) is 0 Å². The largest absolute Gasteiger partial charge is 0.455 e. The maximum Gasteiger partial charge on any atom is 0.333 e. The van der Waals surface area contributed by atoms with Gasteiger partial charge in [-0.3, -0.25) is 0 Å². The van der Waals surface area contributed by atoms with E-state index in [-0.39, 0.29) is 23.1 Å². The molecule has 0 saturated heterocycles. The highest BCUT2D eigenvalue weighted by Crippen LogP contribution is 2.54. The van der Waals surface area contributed by atoms with Gasteiger partial charge in [-0.25, -0.2) is 0 Å². The first-order valence-electron chi connectivity index (χ1n) is 22.6. The van der Waals surface area contributed by atoms with E-state index in [1.807, 2.05) is 0 Å². The van der Waals surface area contributed by atoms with Crippen molar-refractivity contribution < 1.29 is 4.42 Å². The van der Waals surface area contributed by atoms with Crippen LogP contribution in [0.1, 0.15) is 77.6 Å². The number of aromatic nitrogens is 1. The van der Waals surface area contributed by atoms with Crippen LogP contribution < -0.4 is 15.7 Å². The van der Waals surface area contributed by atoms with Crippen molar-refractivity contribution in [3.8, 4) is 39.1 Å². The zero-order valence-corrected chi connectivity index (χ0v) is 37.3. The summed E-state index contributed by atoms with van der Waals surface area (Å²) in [5.41, 5.74) is 23.3. The van der Waals surface area contributed by atoms with Gasteiger partial charge in [-0.1, -0.05) is 159 Å². The van der Waals surface area contributed by atoms with E-state index >= 15 is 0 Å². The maximum atomic E-state index is 7.28. The van der Waals surface area contributed by atoms with Crippen molar-refractivity contribution in [2.24, 2.45) is 0 Å². The highest BCUT2D eigenvalue weighted by molar-refractivity contribution is 6.94. The lowest BCUT2D eigenvalue weighted by molar-refractivity contribution is 0.590. The monoisotopic (exact) mass is 812 g/mol. The first kappa shape index (κ1) is 36.8. The smallest absolute Gasteiger partial charge is 0.333 e. The van der Waals surface area contributed by atoms with E-state index in [2.05, 4.69) is 216 Å². The van der Waals surface area contributed by atoms with Gasteiger partial charge in [0.05, 0.1) is 11.0 Å². The average Bonchev–Trinajstić information content (AvgIpc) is 3.90.